The monoisotopic (exact) mass is 837 g/mol. The van der Waals surface area contributed by atoms with Crippen LogP contribution in [0.2, 0.25) is 0 Å². The highest BCUT2D eigenvalue weighted by molar-refractivity contribution is 9.10. The number of carbonyl (C=O) groups excluding carboxylic acids is 1. The molecular formula is C28H35BrN5O14P3. The maximum absolute atomic E-state index is 12.9. The number of aliphatic hydroxyl groups excluding tert-OH is 1. The van der Waals surface area contributed by atoms with Gasteiger partial charge in [-0.2, -0.15) is 4.31 Å². The van der Waals surface area contributed by atoms with Crippen molar-refractivity contribution in [1.29, 1.82) is 0 Å². The van der Waals surface area contributed by atoms with Gasteiger partial charge in [0.05, 0.1) is 6.61 Å². The van der Waals surface area contributed by atoms with Crippen LogP contribution in [-0.2, 0) is 43.0 Å². The predicted molar refractivity (Wildman–Crippen MR) is 178 cm³/mol. The van der Waals surface area contributed by atoms with Crippen LogP contribution in [0, 0.1) is 17.3 Å². The van der Waals surface area contributed by atoms with Gasteiger partial charge in [0, 0.05) is 11.8 Å². The average molecular weight is 838 g/mol. The van der Waals surface area contributed by atoms with Gasteiger partial charge in [-0.25, -0.2) is 28.6 Å². The van der Waals surface area contributed by atoms with Crippen molar-refractivity contribution in [3.63, 3.8) is 0 Å². The molecule has 7 rings (SSSR count). The van der Waals surface area contributed by atoms with Gasteiger partial charge in [0.2, 0.25) is 0 Å². The molecule has 3 fully saturated rings. The van der Waals surface area contributed by atoms with Gasteiger partial charge in [-0.3, -0.25) is 23.3 Å². The molecule has 2 aromatic heterocycles. The number of hydrogen-bond donors (Lipinski definition) is 6. The molecule has 3 heterocycles. The van der Waals surface area contributed by atoms with Gasteiger partial charge in [-0.15, -0.1) is 0 Å². The van der Waals surface area contributed by atoms with Crippen LogP contribution in [0.5, 0.6) is 5.75 Å². The van der Waals surface area contributed by atoms with E-state index in [1.807, 2.05) is 0 Å². The van der Waals surface area contributed by atoms with Crippen molar-refractivity contribution in [3.05, 3.63) is 40.4 Å². The Labute approximate surface area is 298 Å². The van der Waals surface area contributed by atoms with Crippen molar-refractivity contribution in [1.82, 2.24) is 19.5 Å². The topological polar surface area (TPSA) is 285 Å². The molecule has 2 saturated carbocycles. The first kappa shape index (κ1) is 37.2. The van der Waals surface area contributed by atoms with Crippen LogP contribution in [0.4, 0.5) is 5.82 Å². The normalized spacial score (nSPS) is 32.9. The number of nitrogens with zero attached hydrogens (tertiary/aromatic N) is 4. The van der Waals surface area contributed by atoms with E-state index in [0.29, 0.717) is 30.5 Å². The van der Waals surface area contributed by atoms with Crippen LogP contribution >= 0.6 is 39.4 Å². The van der Waals surface area contributed by atoms with E-state index in [-0.39, 0.29) is 38.8 Å². The fourth-order valence-corrected chi connectivity index (χ4v) is 11.5. The smallest absolute Gasteiger partial charge is 0.404 e. The van der Waals surface area contributed by atoms with Crippen molar-refractivity contribution in [2.45, 2.75) is 75.9 Å². The summed E-state index contributed by atoms with van der Waals surface area (Å²) >= 11 is 3.19. The lowest BCUT2D eigenvalue weighted by molar-refractivity contribution is -0.129. The van der Waals surface area contributed by atoms with Crippen LogP contribution < -0.4 is 10.3 Å². The Morgan fingerprint density at radius 2 is 1.86 bits per heavy atom. The number of nitrogens with two attached hydrogens (primary N) is 1. The zero-order chi connectivity index (χ0) is 36.7. The highest BCUT2D eigenvalue weighted by atomic mass is 79.9. The van der Waals surface area contributed by atoms with Gasteiger partial charge in [-0.1, -0.05) is 13.0 Å². The van der Waals surface area contributed by atoms with E-state index >= 15 is 0 Å². The lowest BCUT2D eigenvalue weighted by atomic mass is 9.55. The standard InChI is InChI=1S/C28H35BrN5O14P3/c1-28-9-8-16-15-5-3-14(10-13(15)2-4-17(16)18(28)6-7-20(28)35)46-51(42,43)48-50(40,41)44-11-19-23(47-49(37,38)39)22(36)26(45-19)34-25-21(33-27(34)29)24(30)31-12-32-25/h3,5,10,12,16-19,22-23,26,36H,2,4,6-9,11H2,1H3,(H,40,41)(H,42,43)(H2,30,31,32)(H2,37,38,39)/t16-,17-,18+,19-,22-,23-,26-,28+/m1/s1. The summed E-state index contributed by atoms with van der Waals surface area (Å²) in [5.74, 6) is 1.16. The number of aliphatic hydroxyl groups is 1. The molecule has 278 valence electrons. The van der Waals surface area contributed by atoms with Crippen LogP contribution in [0.3, 0.4) is 0 Å². The van der Waals surface area contributed by atoms with Gasteiger partial charge in [-0.05, 0) is 89.0 Å². The highest BCUT2D eigenvalue weighted by Crippen LogP contribution is 2.62. The summed E-state index contributed by atoms with van der Waals surface area (Å²) in [4.78, 5) is 64.5. The van der Waals surface area contributed by atoms with Crippen molar-refractivity contribution >= 4 is 62.2 Å². The van der Waals surface area contributed by atoms with Crippen molar-refractivity contribution in [2.75, 3.05) is 12.3 Å². The second-order valence-electron chi connectivity index (χ2n) is 13.4. The number of phosphoric ester groups is 3. The summed E-state index contributed by atoms with van der Waals surface area (Å²) < 4.78 is 63.7. The number of ketones is 1. The summed E-state index contributed by atoms with van der Waals surface area (Å²) in [6, 6.07) is 4.86. The van der Waals surface area contributed by atoms with Crippen LogP contribution in [-0.4, -0.2) is 74.9 Å². The van der Waals surface area contributed by atoms with E-state index in [2.05, 4.69) is 42.1 Å². The second kappa shape index (κ2) is 13.3. The number of halogens is 1. The summed E-state index contributed by atoms with van der Waals surface area (Å²) in [5, 5.41) is 11.0. The quantitative estimate of drug-likeness (QED) is 0.125. The maximum atomic E-state index is 12.9. The Morgan fingerprint density at radius 3 is 2.61 bits per heavy atom. The van der Waals surface area contributed by atoms with E-state index in [1.165, 1.54) is 10.6 Å². The minimum atomic E-state index is -5.44. The molecule has 2 unspecified atom stereocenters. The molecule has 4 aliphatic rings. The number of nitrogen functional groups attached to an aromatic ring is 1. The van der Waals surface area contributed by atoms with Crippen LogP contribution in [0.15, 0.2) is 29.3 Å². The molecule has 3 aliphatic carbocycles. The minimum Gasteiger partial charge on any atom is -0.404 e. The van der Waals surface area contributed by atoms with E-state index in [9.17, 15) is 43.2 Å². The molecule has 0 radical (unpaired) electrons. The van der Waals surface area contributed by atoms with Crippen LogP contribution in [0.1, 0.15) is 62.3 Å². The largest absolute Gasteiger partial charge is 0.536 e. The summed E-state index contributed by atoms with van der Waals surface area (Å²) in [5.41, 5.74) is 7.71. The first-order chi connectivity index (χ1) is 23.9. The molecule has 23 heteroatoms. The zero-order valence-electron chi connectivity index (χ0n) is 26.8. The Morgan fingerprint density at radius 1 is 1.10 bits per heavy atom. The summed E-state index contributed by atoms with van der Waals surface area (Å²) in [7, 11) is -16.0. The minimum absolute atomic E-state index is 0.0210. The number of phosphoric acid groups is 3. The molecule has 19 nitrogen and oxygen atoms in total. The molecule has 1 saturated heterocycles. The molecule has 0 bridgehead atoms. The lowest BCUT2D eigenvalue weighted by Crippen LogP contribution is -2.42. The summed E-state index contributed by atoms with van der Waals surface area (Å²) in [6.07, 6.45) is -1.11. The van der Waals surface area contributed by atoms with Gasteiger partial charge >= 0.3 is 23.5 Å². The first-order valence-electron chi connectivity index (χ1n) is 15.9. The number of fused-ring (bicyclic) bond motifs is 6. The number of ether oxygens (including phenoxy) is 1. The fraction of sp³-hybridized carbons (Fsp3) is 0.571. The molecule has 51 heavy (non-hydrogen) atoms. The third-order valence-corrected chi connectivity index (χ3v) is 14.2. The Kier molecular flexibility index (Phi) is 9.70. The van der Waals surface area contributed by atoms with Gasteiger partial charge < -0.3 is 34.8 Å². The molecule has 0 amide bonds. The first-order valence-corrected chi connectivity index (χ1v) is 21.3. The number of Topliss-reactive ketones (excluding diaryl/α,β-unsaturated/α-hetero) is 1. The number of carbonyl (C=O) groups is 1. The molecule has 10 atom stereocenters. The molecule has 3 aromatic rings. The zero-order valence-corrected chi connectivity index (χ0v) is 31.1. The maximum Gasteiger partial charge on any atom is 0.536 e. The van der Waals surface area contributed by atoms with Gasteiger partial charge in [0.1, 0.15) is 36.2 Å². The Balaban J connectivity index is 1.03. The third-order valence-electron chi connectivity index (χ3n) is 10.5. The van der Waals surface area contributed by atoms with Crippen molar-refractivity contribution in [3.8, 4) is 5.75 Å². The Hall–Kier alpha value is -2.15. The van der Waals surface area contributed by atoms with E-state index in [4.69, 9.17) is 24.0 Å². The number of rotatable bonds is 10. The number of aromatic nitrogens is 4. The molecule has 1 aromatic carbocycles. The number of anilines is 1. The second-order valence-corrected chi connectivity index (χ2v) is 18.3. The van der Waals surface area contributed by atoms with Crippen LogP contribution in [0.25, 0.3) is 11.2 Å². The fourth-order valence-electron chi connectivity index (χ4n) is 8.34. The molecule has 0 spiro atoms. The van der Waals surface area contributed by atoms with Gasteiger partial charge in [0.25, 0.3) is 0 Å². The number of aryl methyl sites for hydroxylation is 1. The summed E-state index contributed by atoms with van der Waals surface area (Å²) in [6.45, 7) is 1.06. The van der Waals surface area contributed by atoms with Crippen molar-refractivity contribution < 1.29 is 65.8 Å². The van der Waals surface area contributed by atoms with E-state index in [1.54, 1.807) is 12.1 Å². The lowest BCUT2D eigenvalue weighted by Gasteiger charge is -2.48. The third kappa shape index (κ3) is 7.12. The molecule has 1 aliphatic heterocycles. The molecule has 7 N–H and O–H groups in total. The van der Waals surface area contributed by atoms with Crippen molar-refractivity contribution in [2.24, 2.45) is 17.3 Å². The molecular weight excluding hydrogens is 803 g/mol. The average Bonchev–Trinajstić information content (AvgIpc) is 3.64. The van der Waals surface area contributed by atoms with Gasteiger partial charge in [0.15, 0.2) is 27.9 Å². The SMILES string of the molecule is C[C@]12CC[C@@H]3c4ccc(OP(=O)(O)OP(=O)(O)OC[C@H]5O[C@@H](n6c(Br)nc7c(N)ncnc76)[C@H](O)[C@@H]5OP(=O)(O)O)cc4CC[C@H]3[C@@H]1CCC2=O. The number of imidazole rings is 1. The number of benzene rings is 1. The number of hydrogen-bond acceptors (Lipinski definition) is 14. The predicted octanol–water partition coefficient (Wildman–Crippen LogP) is 3.65. The van der Waals surface area contributed by atoms with E-state index < -0.39 is 54.6 Å². The highest BCUT2D eigenvalue weighted by Gasteiger charge is 2.55. The Bertz CT molecular complexity index is 2030. The van der Waals surface area contributed by atoms with E-state index in [0.717, 1.165) is 43.1 Å².